The molecule has 0 unspecified atom stereocenters. The Bertz CT molecular complexity index is 652. The average Bonchev–Trinajstić information content (AvgIpc) is 2.38. The Morgan fingerprint density at radius 1 is 1.43 bits per heavy atom. The number of carbonyl (C=O) groups is 1. The summed E-state index contributed by atoms with van der Waals surface area (Å²) in [5, 5.41) is 19.1. The second-order valence-electron chi connectivity index (χ2n) is 4.51. The predicted octanol–water partition coefficient (Wildman–Crippen LogP) is 1.49. The van der Waals surface area contributed by atoms with Crippen LogP contribution in [0.4, 0.5) is 5.69 Å². The fraction of sp³-hybridized carbons (Fsp3) is 0.417. The summed E-state index contributed by atoms with van der Waals surface area (Å²) in [5.74, 6) is -1.74. The molecule has 1 N–H and O–H groups in total. The number of nitro groups is 1. The van der Waals surface area contributed by atoms with Crippen LogP contribution in [0.1, 0.15) is 24.2 Å². The largest absolute Gasteiger partial charge is 0.486 e. The summed E-state index contributed by atoms with van der Waals surface area (Å²) in [7, 11) is -3.31. The van der Waals surface area contributed by atoms with Gasteiger partial charge in [-0.05, 0) is 26.0 Å². The maximum atomic E-state index is 11.6. The van der Waals surface area contributed by atoms with Crippen LogP contribution in [0.2, 0.25) is 0 Å². The number of carboxylic acid groups (broad SMARTS) is 1. The van der Waals surface area contributed by atoms with Crippen LogP contribution in [0.25, 0.3) is 0 Å². The molecule has 0 saturated carbocycles. The van der Waals surface area contributed by atoms with Crippen LogP contribution in [0.5, 0.6) is 5.75 Å². The smallest absolute Gasteiger partial charge is 0.335 e. The summed E-state index contributed by atoms with van der Waals surface area (Å²) in [4.78, 5) is 20.9. The lowest BCUT2D eigenvalue weighted by molar-refractivity contribution is -0.385. The Labute approximate surface area is 121 Å². The third kappa shape index (κ3) is 4.42. The van der Waals surface area contributed by atoms with Gasteiger partial charge in [-0.1, -0.05) is 0 Å². The van der Waals surface area contributed by atoms with Crippen LogP contribution in [-0.2, 0) is 9.84 Å². The first-order valence-corrected chi connectivity index (χ1v) is 7.73. The van der Waals surface area contributed by atoms with Gasteiger partial charge < -0.3 is 9.84 Å². The number of rotatable bonds is 7. The molecule has 1 rings (SSSR count). The van der Waals surface area contributed by atoms with Crippen molar-refractivity contribution in [2.45, 2.75) is 19.1 Å². The number of aromatic carboxylic acids is 1. The van der Waals surface area contributed by atoms with Crippen LogP contribution < -0.4 is 4.74 Å². The summed E-state index contributed by atoms with van der Waals surface area (Å²) >= 11 is 0. The van der Waals surface area contributed by atoms with E-state index >= 15 is 0 Å². The van der Waals surface area contributed by atoms with E-state index < -0.39 is 31.7 Å². The number of sulfone groups is 1. The van der Waals surface area contributed by atoms with Gasteiger partial charge in [0.05, 0.1) is 21.5 Å². The molecule has 0 atom stereocenters. The van der Waals surface area contributed by atoms with Crippen molar-refractivity contribution in [1.29, 1.82) is 0 Å². The molecule has 0 aliphatic carbocycles. The van der Waals surface area contributed by atoms with E-state index in [1.807, 2.05) is 0 Å². The SMILES string of the molecule is CC(C)S(=O)(=O)CCOc1ccc(C(=O)O)cc1[N+](=O)[O-]. The lowest BCUT2D eigenvalue weighted by atomic mass is 10.2. The van der Waals surface area contributed by atoms with Gasteiger partial charge in [0.2, 0.25) is 0 Å². The monoisotopic (exact) mass is 317 g/mol. The Hall–Kier alpha value is -2.16. The normalized spacial score (nSPS) is 11.4. The molecule has 21 heavy (non-hydrogen) atoms. The van der Waals surface area contributed by atoms with Crippen molar-refractivity contribution in [3.8, 4) is 5.75 Å². The summed E-state index contributed by atoms with van der Waals surface area (Å²) in [6, 6.07) is 3.17. The van der Waals surface area contributed by atoms with Crippen LogP contribution in [0, 0.1) is 10.1 Å². The number of carboxylic acids is 1. The maximum absolute atomic E-state index is 11.6. The second kappa shape index (κ2) is 6.53. The zero-order valence-electron chi connectivity index (χ0n) is 11.5. The molecule has 1 aromatic rings. The molecule has 0 heterocycles. The molecule has 0 aromatic heterocycles. The van der Waals surface area contributed by atoms with Gasteiger partial charge in [-0.3, -0.25) is 10.1 Å². The van der Waals surface area contributed by atoms with Gasteiger partial charge in [0.1, 0.15) is 6.61 Å². The lowest BCUT2D eigenvalue weighted by Gasteiger charge is -2.09. The number of nitro benzene ring substituents is 1. The summed E-state index contributed by atoms with van der Waals surface area (Å²) < 4.78 is 28.3. The molecule has 1 aromatic carbocycles. The Kier molecular flexibility index (Phi) is 5.25. The molecule has 0 amide bonds. The third-order valence-corrected chi connectivity index (χ3v) is 4.92. The van der Waals surface area contributed by atoms with Gasteiger partial charge >= 0.3 is 11.7 Å². The minimum atomic E-state index is -3.31. The van der Waals surface area contributed by atoms with Gasteiger partial charge in [-0.2, -0.15) is 0 Å². The molecule has 8 nitrogen and oxygen atoms in total. The predicted molar refractivity (Wildman–Crippen MR) is 74.5 cm³/mol. The minimum Gasteiger partial charge on any atom is -0.486 e. The van der Waals surface area contributed by atoms with Crippen LogP contribution in [0.15, 0.2) is 18.2 Å². The quantitative estimate of drug-likeness (QED) is 0.596. The molecular weight excluding hydrogens is 302 g/mol. The first kappa shape index (κ1) is 16.9. The Balaban J connectivity index is 2.89. The van der Waals surface area contributed by atoms with E-state index in [2.05, 4.69) is 0 Å². The molecule has 0 saturated heterocycles. The van der Waals surface area contributed by atoms with Gasteiger partial charge in [0, 0.05) is 6.07 Å². The van der Waals surface area contributed by atoms with Crippen molar-refractivity contribution in [3.05, 3.63) is 33.9 Å². The summed E-state index contributed by atoms with van der Waals surface area (Å²) in [6.45, 7) is 2.81. The number of nitrogens with zero attached hydrogens (tertiary/aromatic N) is 1. The maximum Gasteiger partial charge on any atom is 0.335 e. The van der Waals surface area contributed by atoms with E-state index in [4.69, 9.17) is 9.84 Å². The first-order chi connectivity index (χ1) is 9.65. The van der Waals surface area contributed by atoms with Crippen LogP contribution in [0.3, 0.4) is 0 Å². The third-order valence-electron chi connectivity index (χ3n) is 2.75. The van der Waals surface area contributed by atoms with Crippen molar-refractivity contribution in [1.82, 2.24) is 0 Å². The molecule has 0 aliphatic heterocycles. The molecule has 0 bridgehead atoms. The van der Waals surface area contributed by atoms with Gasteiger partial charge in [0.25, 0.3) is 0 Å². The zero-order valence-corrected chi connectivity index (χ0v) is 12.3. The molecular formula is C12H15NO7S. The van der Waals surface area contributed by atoms with Crippen molar-refractivity contribution >= 4 is 21.5 Å². The molecule has 0 radical (unpaired) electrons. The van der Waals surface area contributed by atoms with Gasteiger partial charge in [0.15, 0.2) is 15.6 Å². The zero-order chi connectivity index (χ0) is 16.2. The minimum absolute atomic E-state index is 0.163. The highest BCUT2D eigenvalue weighted by Crippen LogP contribution is 2.28. The first-order valence-electron chi connectivity index (χ1n) is 6.01. The van der Waals surface area contributed by atoms with E-state index in [1.165, 1.54) is 13.8 Å². The van der Waals surface area contributed by atoms with E-state index in [0.29, 0.717) is 0 Å². The van der Waals surface area contributed by atoms with Crippen molar-refractivity contribution in [2.24, 2.45) is 0 Å². The molecule has 0 spiro atoms. The highest BCUT2D eigenvalue weighted by atomic mass is 32.2. The topological polar surface area (TPSA) is 124 Å². The second-order valence-corrected chi connectivity index (χ2v) is 7.19. The van der Waals surface area contributed by atoms with Crippen molar-refractivity contribution in [2.75, 3.05) is 12.4 Å². The molecule has 0 fully saturated rings. The van der Waals surface area contributed by atoms with Gasteiger partial charge in [-0.25, -0.2) is 13.2 Å². The molecule has 0 aliphatic rings. The van der Waals surface area contributed by atoms with E-state index in [9.17, 15) is 23.3 Å². The van der Waals surface area contributed by atoms with E-state index in [1.54, 1.807) is 0 Å². The van der Waals surface area contributed by atoms with E-state index in [0.717, 1.165) is 18.2 Å². The highest BCUT2D eigenvalue weighted by Gasteiger charge is 2.20. The average molecular weight is 317 g/mol. The van der Waals surface area contributed by atoms with Crippen LogP contribution >= 0.6 is 0 Å². The van der Waals surface area contributed by atoms with Gasteiger partial charge in [-0.15, -0.1) is 0 Å². The van der Waals surface area contributed by atoms with E-state index in [-0.39, 0.29) is 23.7 Å². The van der Waals surface area contributed by atoms with Crippen molar-refractivity contribution in [3.63, 3.8) is 0 Å². The highest BCUT2D eigenvalue weighted by molar-refractivity contribution is 7.91. The standard InChI is InChI=1S/C12H15NO7S/c1-8(2)21(18,19)6-5-20-11-4-3-9(12(14)15)7-10(11)13(16)17/h3-4,7-8H,5-6H2,1-2H3,(H,14,15). The number of ether oxygens (including phenoxy) is 1. The van der Waals surface area contributed by atoms with Crippen LogP contribution in [-0.4, -0.2) is 42.0 Å². The lowest BCUT2D eigenvalue weighted by Crippen LogP contribution is -2.22. The number of hydrogen-bond donors (Lipinski definition) is 1. The number of benzene rings is 1. The summed E-state index contributed by atoms with van der Waals surface area (Å²) in [6.07, 6.45) is 0. The fourth-order valence-electron chi connectivity index (χ4n) is 1.42. The van der Waals surface area contributed by atoms with Crippen molar-refractivity contribution < 1.29 is 28.0 Å². The fourth-order valence-corrected chi connectivity index (χ4v) is 2.21. The number of hydrogen-bond acceptors (Lipinski definition) is 6. The molecule has 9 heteroatoms. The Morgan fingerprint density at radius 3 is 2.52 bits per heavy atom. The molecule has 116 valence electrons. The summed E-state index contributed by atoms with van der Waals surface area (Å²) in [5.41, 5.74) is -0.763. The Morgan fingerprint density at radius 2 is 2.05 bits per heavy atom.